The van der Waals surface area contributed by atoms with Gasteiger partial charge in [-0.15, -0.1) is 11.8 Å². The second-order valence-electron chi connectivity index (χ2n) is 6.02. The van der Waals surface area contributed by atoms with Gasteiger partial charge in [-0.1, -0.05) is 24.3 Å². The van der Waals surface area contributed by atoms with E-state index in [1.165, 1.54) is 11.8 Å². The number of rotatable bonds is 6. The molecule has 0 bridgehead atoms. The van der Waals surface area contributed by atoms with Gasteiger partial charge in [-0.05, 0) is 30.0 Å². The maximum atomic E-state index is 9.79. The average Bonchev–Trinajstić information content (AvgIpc) is 2.71. The van der Waals surface area contributed by atoms with E-state index in [9.17, 15) is 5.26 Å². The van der Waals surface area contributed by atoms with E-state index in [1.807, 2.05) is 55.8 Å². The summed E-state index contributed by atoms with van der Waals surface area (Å²) in [6.45, 7) is 0.622. The van der Waals surface area contributed by atoms with Gasteiger partial charge in [0.1, 0.15) is 16.7 Å². The summed E-state index contributed by atoms with van der Waals surface area (Å²) >= 11 is 1.49. The number of fused-ring (bicyclic) bond motifs is 1. The third-order valence-electron chi connectivity index (χ3n) is 4.39. The summed E-state index contributed by atoms with van der Waals surface area (Å²) < 4.78 is 10.7. The van der Waals surface area contributed by atoms with Gasteiger partial charge in [0.05, 0.1) is 25.4 Å². The fourth-order valence-corrected chi connectivity index (χ4v) is 3.69. The van der Waals surface area contributed by atoms with Crippen molar-refractivity contribution in [3.63, 3.8) is 0 Å². The predicted octanol–water partition coefficient (Wildman–Crippen LogP) is 4.48. The van der Waals surface area contributed by atoms with Crippen LogP contribution < -0.4 is 14.4 Å². The minimum atomic E-state index is 0.601. The van der Waals surface area contributed by atoms with Crippen LogP contribution in [0.25, 0.3) is 10.9 Å². The monoisotopic (exact) mass is 379 g/mol. The first-order valence-electron chi connectivity index (χ1n) is 8.41. The lowest BCUT2D eigenvalue weighted by Crippen LogP contribution is -2.19. The third-order valence-corrected chi connectivity index (χ3v) is 5.07. The molecule has 0 saturated carbocycles. The van der Waals surface area contributed by atoms with Gasteiger partial charge in [-0.2, -0.15) is 5.26 Å². The molecule has 0 fully saturated rings. The van der Waals surface area contributed by atoms with Crippen molar-refractivity contribution < 1.29 is 9.47 Å². The highest BCUT2D eigenvalue weighted by molar-refractivity contribution is 7.98. The molecule has 1 aromatic heterocycles. The Kier molecular flexibility index (Phi) is 5.72. The molecule has 0 aliphatic carbocycles. The van der Waals surface area contributed by atoms with Crippen LogP contribution in [0.4, 0.5) is 5.69 Å². The van der Waals surface area contributed by atoms with Gasteiger partial charge in [0, 0.05) is 19.0 Å². The van der Waals surface area contributed by atoms with Crippen LogP contribution in [0, 0.1) is 11.3 Å². The lowest BCUT2D eigenvalue weighted by atomic mass is 10.1. The quantitative estimate of drug-likeness (QED) is 0.589. The summed E-state index contributed by atoms with van der Waals surface area (Å²) in [6, 6.07) is 16.1. The van der Waals surface area contributed by atoms with Crippen LogP contribution in [-0.2, 0) is 6.54 Å². The van der Waals surface area contributed by atoms with E-state index in [2.05, 4.69) is 16.0 Å². The number of aromatic nitrogens is 1. The number of benzene rings is 2. The molecule has 0 N–H and O–H groups in total. The van der Waals surface area contributed by atoms with Gasteiger partial charge in [-0.25, -0.2) is 4.98 Å². The van der Waals surface area contributed by atoms with Gasteiger partial charge < -0.3 is 14.4 Å². The van der Waals surface area contributed by atoms with Crippen LogP contribution >= 0.6 is 11.8 Å². The molecule has 2 aromatic carbocycles. The number of hydrogen-bond donors (Lipinski definition) is 0. The van der Waals surface area contributed by atoms with E-state index >= 15 is 0 Å². The lowest BCUT2D eigenvalue weighted by molar-refractivity contribution is 0.354. The Balaban J connectivity index is 2.08. The Morgan fingerprint density at radius 1 is 1.11 bits per heavy atom. The average molecular weight is 379 g/mol. The van der Waals surface area contributed by atoms with Gasteiger partial charge in [0.15, 0.2) is 11.5 Å². The SMILES string of the molecule is COc1ccc(CN(C)c2c(C#N)c(SC)nc3ccccc23)cc1OC. The molecular formula is C21H21N3O2S. The topological polar surface area (TPSA) is 58.4 Å². The van der Waals surface area contributed by atoms with Crippen molar-refractivity contribution in [2.45, 2.75) is 11.6 Å². The lowest BCUT2D eigenvalue weighted by Gasteiger charge is -2.24. The largest absolute Gasteiger partial charge is 0.493 e. The standard InChI is InChI=1S/C21H21N3O2S/c1-24(13-14-9-10-18(25-2)19(11-14)26-3)20-15-7-5-6-8-17(15)23-21(27-4)16(20)12-22/h5-11H,13H2,1-4H3. The van der Waals surface area contributed by atoms with Crippen LogP contribution in [0.1, 0.15) is 11.1 Å². The second kappa shape index (κ2) is 8.19. The molecule has 6 heteroatoms. The molecule has 1 heterocycles. The number of para-hydroxylation sites is 1. The van der Waals surface area contributed by atoms with E-state index in [0.29, 0.717) is 23.6 Å². The number of nitrogens with zero attached hydrogens (tertiary/aromatic N) is 3. The Hall–Kier alpha value is -2.91. The molecule has 0 atom stereocenters. The molecular weight excluding hydrogens is 358 g/mol. The minimum absolute atomic E-state index is 0.601. The first-order valence-corrected chi connectivity index (χ1v) is 9.64. The van der Waals surface area contributed by atoms with Crippen LogP contribution in [0.15, 0.2) is 47.5 Å². The number of ether oxygens (including phenoxy) is 2. The Bertz CT molecular complexity index is 1010. The molecule has 0 aliphatic heterocycles. The van der Waals surface area contributed by atoms with Crippen LogP contribution in [0.5, 0.6) is 11.5 Å². The molecule has 0 unspecified atom stereocenters. The first-order chi connectivity index (χ1) is 13.1. The fraction of sp³-hybridized carbons (Fsp3) is 0.238. The van der Waals surface area contributed by atoms with Gasteiger partial charge >= 0.3 is 0 Å². The molecule has 3 aromatic rings. The molecule has 27 heavy (non-hydrogen) atoms. The zero-order valence-corrected chi connectivity index (χ0v) is 16.6. The predicted molar refractivity (Wildman–Crippen MR) is 110 cm³/mol. The van der Waals surface area contributed by atoms with Crippen molar-refractivity contribution in [3.8, 4) is 17.6 Å². The molecule has 138 valence electrons. The zero-order valence-electron chi connectivity index (χ0n) is 15.8. The highest BCUT2D eigenvalue weighted by Crippen LogP contribution is 2.35. The Morgan fingerprint density at radius 2 is 1.85 bits per heavy atom. The van der Waals surface area contributed by atoms with Crippen molar-refractivity contribution in [3.05, 3.63) is 53.6 Å². The van der Waals surface area contributed by atoms with Crippen LogP contribution in [0.3, 0.4) is 0 Å². The molecule has 5 nitrogen and oxygen atoms in total. The zero-order chi connectivity index (χ0) is 19.4. The fourth-order valence-electron chi connectivity index (χ4n) is 3.15. The highest BCUT2D eigenvalue weighted by atomic mass is 32.2. The molecule has 3 rings (SSSR count). The van der Waals surface area contributed by atoms with Gasteiger partial charge in [0.25, 0.3) is 0 Å². The summed E-state index contributed by atoms with van der Waals surface area (Å²) in [5, 5.41) is 11.5. The maximum absolute atomic E-state index is 9.79. The second-order valence-corrected chi connectivity index (χ2v) is 6.81. The van der Waals surface area contributed by atoms with Crippen molar-refractivity contribution in [1.82, 2.24) is 4.98 Å². The molecule has 0 amide bonds. The van der Waals surface area contributed by atoms with E-state index in [1.54, 1.807) is 14.2 Å². The minimum Gasteiger partial charge on any atom is -0.493 e. The number of methoxy groups -OCH3 is 2. The van der Waals surface area contributed by atoms with Gasteiger partial charge in [-0.3, -0.25) is 0 Å². The number of thioether (sulfide) groups is 1. The molecule has 0 saturated heterocycles. The van der Waals surface area contributed by atoms with E-state index in [4.69, 9.17) is 9.47 Å². The number of nitriles is 1. The van der Waals surface area contributed by atoms with Crippen molar-refractivity contribution in [1.29, 1.82) is 5.26 Å². The van der Waals surface area contributed by atoms with Crippen molar-refractivity contribution in [2.24, 2.45) is 0 Å². The van der Waals surface area contributed by atoms with E-state index < -0.39 is 0 Å². The Morgan fingerprint density at radius 3 is 2.52 bits per heavy atom. The maximum Gasteiger partial charge on any atom is 0.161 e. The molecule has 0 aliphatic rings. The number of hydrogen-bond acceptors (Lipinski definition) is 6. The summed E-state index contributed by atoms with van der Waals surface area (Å²) in [7, 11) is 5.24. The summed E-state index contributed by atoms with van der Waals surface area (Å²) in [6.07, 6.45) is 1.94. The Labute approximate surface area is 163 Å². The number of pyridine rings is 1. The van der Waals surface area contributed by atoms with Gasteiger partial charge in [0.2, 0.25) is 0 Å². The summed E-state index contributed by atoms with van der Waals surface area (Å²) in [5.41, 5.74) is 3.44. The highest BCUT2D eigenvalue weighted by Gasteiger charge is 2.18. The first kappa shape index (κ1) is 18.9. The van der Waals surface area contributed by atoms with E-state index in [0.717, 1.165) is 27.2 Å². The smallest absolute Gasteiger partial charge is 0.161 e. The van der Waals surface area contributed by atoms with Crippen LogP contribution in [-0.4, -0.2) is 32.5 Å². The number of anilines is 1. The summed E-state index contributed by atoms with van der Waals surface area (Å²) in [4.78, 5) is 6.73. The van der Waals surface area contributed by atoms with E-state index in [-0.39, 0.29) is 0 Å². The van der Waals surface area contributed by atoms with Crippen molar-refractivity contribution in [2.75, 3.05) is 32.4 Å². The van der Waals surface area contributed by atoms with Crippen molar-refractivity contribution >= 4 is 28.4 Å². The summed E-state index contributed by atoms with van der Waals surface area (Å²) in [5.74, 6) is 1.38. The molecule has 0 radical (unpaired) electrons. The molecule has 0 spiro atoms. The third kappa shape index (κ3) is 3.64. The normalized spacial score (nSPS) is 10.5. The van der Waals surface area contributed by atoms with Crippen LogP contribution in [0.2, 0.25) is 0 Å².